The van der Waals surface area contributed by atoms with Gasteiger partial charge in [0.1, 0.15) is 22.7 Å². The number of ether oxygens (including phenoxy) is 1. The maximum absolute atomic E-state index is 13.9. The van der Waals surface area contributed by atoms with Crippen LogP contribution in [0.5, 0.6) is 5.75 Å². The highest BCUT2D eigenvalue weighted by Crippen LogP contribution is 2.43. The molecule has 0 N–H and O–H groups in total. The highest BCUT2D eigenvalue weighted by atomic mass is 16.5. The van der Waals surface area contributed by atoms with E-state index in [1.165, 1.54) is 0 Å². The van der Waals surface area contributed by atoms with Gasteiger partial charge in [-0.05, 0) is 36.1 Å². The smallest absolute Gasteiger partial charge is 0.229 e. The fourth-order valence-electron chi connectivity index (χ4n) is 5.48. The molecule has 188 valence electrons. The highest BCUT2D eigenvalue weighted by molar-refractivity contribution is 6.18. The first-order chi connectivity index (χ1) is 19.1. The zero-order valence-corrected chi connectivity index (χ0v) is 21.5. The van der Waals surface area contributed by atoms with Crippen molar-refractivity contribution < 1.29 is 18.4 Å². The van der Waals surface area contributed by atoms with Crippen LogP contribution >= 0.6 is 0 Å². The van der Waals surface area contributed by atoms with Crippen molar-refractivity contribution >= 4 is 38.5 Å². The van der Waals surface area contributed by atoms with E-state index >= 15 is 0 Å². The molecule has 0 radical (unpaired) electrons. The van der Waals surface area contributed by atoms with Gasteiger partial charge < -0.3 is 13.6 Å². The standard InChI is InChI=1S/C35H24O4/c1-21-27-19-28-31(39-35(23-13-7-4-8-14-23)32(28)22-11-5-3-6-12-22)20-30(27)38-34(21)33(36)26-17-18-29(37-2)25-16-10-9-15-24(25)26/h3-20H,1-2H3. The van der Waals surface area contributed by atoms with Gasteiger partial charge in [-0.15, -0.1) is 0 Å². The molecular formula is C35H24O4. The minimum Gasteiger partial charge on any atom is -0.496 e. The lowest BCUT2D eigenvalue weighted by molar-refractivity contribution is 0.101. The Hall–Kier alpha value is -5.09. The molecule has 0 atom stereocenters. The molecule has 0 aliphatic carbocycles. The number of carbonyl (C=O) groups excluding carboxylic acids is 1. The third-order valence-corrected chi connectivity index (χ3v) is 7.40. The minimum absolute atomic E-state index is 0.160. The van der Waals surface area contributed by atoms with Crippen LogP contribution in [-0.2, 0) is 0 Å². The Kier molecular flexibility index (Phi) is 5.34. The Morgan fingerprint density at radius 1 is 0.641 bits per heavy atom. The third-order valence-electron chi connectivity index (χ3n) is 7.40. The van der Waals surface area contributed by atoms with Crippen LogP contribution in [0.3, 0.4) is 0 Å². The van der Waals surface area contributed by atoms with Crippen LogP contribution in [-0.4, -0.2) is 12.9 Å². The second kappa shape index (κ2) is 9.03. The largest absolute Gasteiger partial charge is 0.496 e. The molecule has 7 aromatic rings. The summed E-state index contributed by atoms with van der Waals surface area (Å²) in [7, 11) is 1.63. The second-order valence-electron chi connectivity index (χ2n) is 9.63. The molecule has 2 heterocycles. The van der Waals surface area contributed by atoms with Gasteiger partial charge in [-0.3, -0.25) is 4.79 Å². The van der Waals surface area contributed by atoms with Gasteiger partial charge in [-0.2, -0.15) is 0 Å². The van der Waals surface area contributed by atoms with Gasteiger partial charge in [-0.1, -0.05) is 84.9 Å². The molecular weight excluding hydrogens is 484 g/mol. The van der Waals surface area contributed by atoms with E-state index in [9.17, 15) is 4.79 Å². The number of rotatable bonds is 5. The lowest BCUT2D eigenvalue weighted by atomic mass is 9.96. The van der Waals surface area contributed by atoms with Gasteiger partial charge in [0.15, 0.2) is 5.76 Å². The van der Waals surface area contributed by atoms with Crippen molar-refractivity contribution in [1.29, 1.82) is 0 Å². The summed E-state index contributed by atoms with van der Waals surface area (Å²) in [6, 6.07) is 35.7. The topological polar surface area (TPSA) is 52.6 Å². The summed E-state index contributed by atoms with van der Waals surface area (Å²) < 4.78 is 18.2. The van der Waals surface area contributed by atoms with E-state index in [0.29, 0.717) is 22.5 Å². The van der Waals surface area contributed by atoms with Crippen LogP contribution in [0.15, 0.2) is 118 Å². The molecule has 0 bridgehead atoms. The molecule has 0 spiro atoms. The maximum Gasteiger partial charge on any atom is 0.229 e. The van der Waals surface area contributed by atoms with Gasteiger partial charge in [-0.25, -0.2) is 0 Å². The van der Waals surface area contributed by atoms with E-state index in [1.807, 2.05) is 85.8 Å². The number of ketones is 1. The Morgan fingerprint density at radius 3 is 2.00 bits per heavy atom. The number of hydrogen-bond acceptors (Lipinski definition) is 4. The Labute approximate surface area is 225 Å². The molecule has 39 heavy (non-hydrogen) atoms. The number of fused-ring (bicyclic) bond motifs is 3. The van der Waals surface area contributed by atoms with Crippen molar-refractivity contribution in [1.82, 2.24) is 0 Å². The highest BCUT2D eigenvalue weighted by Gasteiger charge is 2.24. The zero-order valence-electron chi connectivity index (χ0n) is 21.5. The Bertz CT molecular complexity index is 2010. The summed E-state index contributed by atoms with van der Waals surface area (Å²) >= 11 is 0. The number of benzene rings is 5. The monoisotopic (exact) mass is 508 g/mol. The van der Waals surface area contributed by atoms with Crippen LogP contribution < -0.4 is 4.74 Å². The Balaban J connectivity index is 1.43. The van der Waals surface area contributed by atoms with Crippen LogP contribution in [0.1, 0.15) is 21.7 Å². The van der Waals surface area contributed by atoms with Crippen LogP contribution in [0.4, 0.5) is 0 Å². The first-order valence-corrected chi connectivity index (χ1v) is 12.8. The van der Waals surface area contributed by atoms with Gasteiger partial charge in [0.25, 0.3) is 0 Å². The third kappa shape index (κ3) is 3.64. The molecule has 0 aliphatic rings. The van der Waals surface area contributed by atoms with E-state index in [1.54, 1.807) is 7.11 Å². The SMILES string of the molecule is COc1ccc(C(=O)c2oc3cc4oc(-c5ccccc5)c(-c5ccccc5)c4cc3c2C)c2ccccc12. The van der Waals surface area contributed by atoms with Gasteiger partial charge in [0.05, 0.1) is 7.11 Å². The van der Waals surface area contributed by atoms with Crippen molar-refractivity contribution in [2.45, 2.75) is 6.92 Å². The van der Waals surface area contributed by atoms with Crippen LogP contribution in [0.2, 0.25) is 0 Å². The van der Waals surface area contributed by atoms with Crippen molar-refractivity contribution in [3.63, 3.8) is 0 Å². The molecule has 0 saturated heterocycles. The molecule has 0 unspecified atom stereocenters. The molecule has 4 heteroatoms. The predicted molar refractivity (Wildman–Crippen MR) is 156 cm³/mol. The summed E-state index contributed by atoms with van der Waals surface area (Å²) in [5, 5.41) is 3.58. The molecule has 4 nitrogen and oxygen atoms in total. The first kappa shape index (κ1) is 23.1. The van der Waals surface area contributed by atoms with Crippen LogP contribution in [0.25, 0.3) is 55.2 Å². The predicted octanol–water partition coefficient (Wildman–Crippen LogP) is 9.21. The van der Waals surface area contributed by atoms with Crippen molar-refractivity contribution in [2.75, 3.05) is 7.11 Å². The summed E-state index contributed by atoms with van der Waals surface area (Å²) in [5.41, 5.74) is 5.80. The molecule has 0 saturated carbocycles. The molecule has 7 rings (SSSR count). The fourth-order valence-corrected chi connectivity index (χ4v) is 5.48. The van der Waals surface area contributed by atoms with Gasteiger partial charge in [0, 0.05) is 44.5 Å². The number of furan rings is 2. The molecule has 0 amide bonds. The minimum atomic E-state index is -0.160. The number of hydrogen-bond donors (Lipinski definition) is 0. The van der Waals surface area contributed by atoms with Crippen molar-refractivity contribution in [3.05, 3.63) is 126 Å². The van der Waals surface area contributed by atoms with Crippen LogP contribution in [0, 0.1) is 6.92 Å². The summed E-state index contributed by atoms with van der Waals surface area (Å²) in [4.78, 5) is 13.9. The fraction of sp³-hybridized carbons (Fsp3) is 0.0571. The quantitative estimate of drug-likeness (QED) is 0.218. The summed E-state index contributed by atoms with van der Waals surface area (Å²) in [6.45, 7) is 1.94. The van der Waals surface area contributed by atoms with E-state index in [0.717, 1.165) is 55.3 Å². The lowest BCUT2D eigenvalue weighted by Gasteiger charge is -2.09. The Morgan fingerprint density at radius 2 is 1.28 bits per heavy atom. The van der Waals surface area contributed by atoms with Crippen molar-refractivity contribution in [3.8, 4) is 28.2 Å². The summed E-state index contributed by atoms with van der Waals surface area (Å²) in [6.07, 6.45) is 0. The average Bonchev–Trinajstić information content (AvgIpc) is 3.53. The summed E-state index contributed by atoms with van der Waals surface area (Å²) in [5.74, 6) is 1.71. The maximum atomic E-state index is 13.9. The number of methoxy groups -OCH3 is 1. The molecule has 0 fully saturated rings. The lowest BCUT2D eigenvalue weighted by Crippen LogP contribution is -2.03. The van der Waals surface area contributed by atoms with E-state index in [4.69, 9.17) is 13.6 Å². The number of carbonyl (C=O) groups is 1. The average molecular weight is 509 g/mol. The van der Waals surface area contributed by atoms with E-state index in [2.05, 4.69) is 30.3 Å². The van der Waals surface area contributed by atoms with Gasteiger partial charge >= 0.3 is 0 Å². The second-order valence-corrected chi connectivity index (χ2v) is 9.63. The first-order valence-electron chi connectivity index (χ1n) is 12.8. The normalized spacial score (nSPS) is 11.4. The van der Waals surface area contributed by atoms with Crippen molar-refractivity contribution in [2.24, 2.45) is 0 Å². The molecule has 5 aromatic carbocycles. The molecule has 0 aliphatic heterocycles. The van der Waals surface area contributed by atoms with Gasteiger partial charge in [0.2, 0.25) is 5.78 Å². The zero-order chi connectivity index (χ0) is 26.5. The van der Waals surface area contributed by atoms with E-state index in [-0.39, 0.29) is 5.78 Å². The number of aryl methyl sites for hydroxylation is 1. The van der Waals surface area contributed by atoms with E-state index < -0.39 is 0 Å². The molecule has 2 aromatic heterocycles.